The minimum atomic E-state index is -3.24. The molecule has 0 aliphatic heterocycles. The number of rotatable bonds is 7. The quantitative estimate of drug-likeness (QED) is 0.425. The molecule has 1 atom stereocenters. The van der Waals surface area contributed by atoms with Gasteiger partial charge in [-0.1, -0.05) is 62.8 Å². The van der Waals surface area contributed by atoms with Gasteiger partial charge in [0, 0.05) is 5.00 Å². The van der Waals surface area contributed by atoms with E-state index in [1.807, 2.05) is 12.1 Å². The Bertz CT molecular complexity index is 536. The summed E-state index contributed by atoms with van der Waals surface area (Å²) in [5.74, 6) is 0.0120. The number of sulfone groups is 1. The van der Waals surface area contributed by atoms with E-state index in [2.05, 4.69) is 20.4 Å². The first kappa shape index (κ1) is 17.5. The van der Waals surface area contributed by atoms with E-state index in [1.54, 1.807) is 30.3 Å². The second-order valence-corrected chi connectivity index (χ2v) is 13.5. The van der Waals surface area contributed by atoms with Gasteiger partial charge in [-0.15, -0.1) is 11.6 Å². The number of halogens is 1. The van der Waals surface area contributed by atoms with Crippen LogP contribution >= 0.6 is 11.6 Å². The van der Waals surface area contributed by atoms with Crippen LogP contribution in [0.3, 0.4) is 0 Å². The van der Waals surface area contributed by atoms with Crippen LogP contribution in [-0.4, -0.2) is 27.2 Å². The van der Waals surface area contributed by atoms with Gasteiger partial charge >= 0.3 is 0 Å². The van der Waals surface area contributed by atoms with Crippen LogP contribution in [0.5, 0.6) is 0 Å². The van der Waals surface area contributed by atoms with E-state index >= 15 is 0 Å². The first-order valence-electron chi connectivity index (χ1n) is 6.94. The average molecular weight is 331 g/mol. The topological polar surface area (TPSA) is 34.1 Å². The molecular formula is C15H23ClO2SSi. The van der Waals surface area contributed by atoms with E-state index in [4.69, 9.17) is 11.6 Å². The molecule has 0 radical (unpaired) electrons. The smallest absolute Gasteiger partial charge is 0.181 e. The molecule has 0 aliphatic rings. The third-order valence-electron chi connectivity index (χ3n) is 4.00. The zero-order valence-corrected chi connectivity index (χ0v) is 14.9. The van der Waals surface area contributed by atoms with Crippen molar-refractivity contribution in [2.75, 3.05) is 5.75 Å². The van der Waals surface area contributed by atoms with E-state index in [1.165, 1.54) is 0 Å². The predicted molar refractivity (Wildman–Crippen MR) is 89.9 cm³/mol. The summed E-state index contributed by atoms with van der Waals surface area (Å²) < 4.78 is 24.2. The predicted octanol–water partition coefficient (Wildman–Crippen LogP) is 4.28. The second kappa shape index (κ2) is 7.43. The third-order valence-corrected chi connectivity index (χ3v) is 12.1. The highest BCUT2D eigenvalue weighted by atomic mass is 35.5. The molecule has 1 unspecified atom stereocenters. The van der Waals surface area contributed by atoms with Crippen LogP contribution in [-0.2, 0) is 9.84 Å². The van der Waals surface area contributed by atoms with E-state index in [-0.39, 0.29) is 10.8 Å². The van der Waals surface area contributed by atoms with Crippen molar-refractivity contribution in [3.63, 3.8) is 0 Å². The van der Waals surface area contributed by atoms with E-state index in [0.29, 0.717) is 4.90 Å². The molecule has 1 aromatic carbocycles. The molecule has 1 rings (SSSR count). The Morgan fingerprint density at radius 2 is 1.75 bits per heavy atom. The summed E-state index contributed by atoms with van der Waals surface area (Å²) in [6, 6.07) is 10.7. The maximum absolute atomic E-state index is 12.1. The van der Waals surface area contributed by atoms with Crippen LogP contribution in [0.1, 0.15) is 13.8 Å². The molecule has 0 amide bonds. The van der Waals surface area contributed by atoms with Gasteiger partial charge in [-0.25, -0.2) is 8.42 Å². The summed E-state index contributed by atoms with van der Waals surface area (Å²) in [7, 11) is -4.74. The molecule has 0 heterocycles. The van der Waals surface area contributed by atoms with E-state index in [0.717, 1.165) is 12.1 Å². The Labute approximate surface area is 128 Å². The van der Waals surface area contributed by atoms with Gasteiger partial charge in [-0.3, -0.25) is 0 Å². The van der Waals surface area contributed by atoms with E-state index in [9.17, 15) is 8.42 Å². The molecule has 2 nitrogen and oxygen atoms in total. The first-order chi connectivity index (χ1) is 9.35. The summed E-state index contributed by atoms with van der Waals surface area (Å²) in [6.07, 6.45) is 3.58. The van der Waals surface area contributed by atoms with Gasteiger partial charge in [0.15, 0.2) is 9.84 Å². The van der Waals surface area contributed by atoms with Crippen LogP contribution in [0.4, 0.5) is 0 Å². The van der Waals surface area contributed by atoms with E-state index < -0.39 is 17.9 Å². The molecule has 20 heavy (non-hydrogen) atoms. The van der Waals surface area contributed by atoms with Crippen molar-refractivity contribution in [2.45, 2.75) is 42.4 Å². The van der Waals surface area contributed by atoms with Crippen LogP contribution < -0.4 is 0 Å². The Morgan fingerprint density at radius 3 is 2.25 bits per heavy atom. The summed E-state index contributed by atoms with van der Waals surface area (Å²) in [5, 5.41) is -0.0107. The molecule has 0 N–H and O–H groups in total. The lowest BCUT2D eigenvalue weighted by Gasteiger charge is -2.27. The molecule has 5 heteroatoms. The molecule has 112 valence electrons. The lowest BCUT2D eigenvalue weighted by atomic mass is 10.4. The largest absolute Gasteiger partial charge is 0.223 e. The van der Waals surface area contributed by atoms with Crippen LogP contribution in [0.2, 0.25) is 18.6 Å². The van der Waals surface area contributed by atoms with Crippen molar-refractivity contribution in [2.24, 2.45) is 0 Å². The van der Waals surface area contributed by atoms with Gasteiger partial charge in [0.05, 0.1) is 18.7 Å². The highest BCUT2D eigenvalue weighted by Crippen LogP contribution is 2.24. The van der Waals surface area contributed by atoms with Gasteiger partial charge in [-0.2, -0.15) is 0 Å². The van der Waals surface area contributed by atoms with Crippen LogP contribution in [0.25, 0.3) is 0 Å². The number of hydrogen-bond donors (Lipinski definition) is 0. The van der Waals surface area contributed by atoms with Gasteiger partial charge in [0.25, 0.3) is 0 Å². The summed E-state index contributed by atoms with van der Waals surface area (Å²) >= 11 is 6.44. The van der Waals surface area contributed by atoms with Crippen molar-refractivity contribution in [3.8, 4) is 0 Å². The fourth-order valence-electron chi connectivity index (χ4n) is 1.90. The van der Waals surface area contributed by atoms with Gasteiger partial charge in [0.2, 0.25) is 0 Å². The molecule has 0 saturated carbocycles. The lowest BCUT2D eigenvalue weighted by Crippen LogP contribution is -2.38. The zero-order chi connectivity index (χ0) is 15.2. The molecule has 1 aromatic rings. The number of alkyl halides is 1. The zero-order valence-electron chi connectivity index (χ0n) is 12.3. The van der Waals surface area contributed by atoms with Crippen molar-refractivity contribution >= 4 is 29.5 Å². The SMILES string of the molecule is CC[Si](C)(CC)C(Cl)/C=C/CS(=O)(=O)c1ccccc1. The maximum Gasteiger partial charge on any atom is 0.181 e. The molecule has 0 spiro atoms. The molecule has 0 aliphatic carbocycles. The van der Waals surface area contributed by atoms with Crippen molar-refractivity contribution < 1.29 is 8.42 Å². The van der Waals surface area contributed by atoms with Gasteiger partial charge in [0.1, 0.15) is 0 Å². The second-order valence-electron chi connectivity index (χ2n) is 5.29. The molecule has 0 saturated heterocycles. The van der Waals surface area contributed by atoms with Crippen LogP contribution in [0, 0.1) is 0 Å². The Kier molecular flexibility index (Phi) is 6.49. The fraction of sp³-hybridized carbons (Fsp3) is 0.467. The summed E-state index contributed by atoms with van der Waals surface area (Å²) in [5.41, 5.74) is 0. The number of benzene rings is 1. The Hall–Kier alpha value is -0.583. The normalized spacial score (nSPS) is 14.6. The standard InChI is InChI=1S/C15H23ClO2SSi/c1-4-20(3,5-2)15(16)12-9-13-19(17,18)14-10-7-6-8-11-14/h6-12,15H,4-5,13H2,1-3H3/b12-9+. The van der Waals surface area contributed by atoms with Gasteiger partial charge < -0.3 is 0 Å². The molecule has 0 aromatic heterocycles. The molecule has 0 bridgehead atoms. The summed E-state index contributed by atoms with van der Waals surface area (Å²) in [6.45, 7) is 6.60. The average Bonchev–Trinajstić information content (AvgIpc) is 2.47. The first-order valence-corrected chi connectivity index (χ1v) is 12.0. The van der Waals surface area contributed by atoms with Crippen molar-refractivity contribution in [1.82, 2.24) is 0 Å². The van der Waals surface area contributed by atoms with Gasteiger partial charge in [-0.05, 0) is 12.1 Å². The summed E-state index contributed by atoms with van der Waals surface area (Å²) in [4.78, 5) is 0.363. The lowest BCUT2D eigenvalue weighted by molar-refractivity contribution is 0.599. The monoisotopic (exact) mass is 330 g/mol. The Balaban J connectivity index is 2.74. The minimum Gasteiger partial charge on any atom is -0.223 e. The molecular weight excluding hydrogens is 308 g/mol. The third kappa shape index (κ3) is 4.47. The highest BCUT2D eigenvalue weighted by Gasteiger charge is 2.29. The van der Waals surface area contributed by atoms with Crippen molar-refractivity contribution in [3.05, 3.63) is 42.5 Å². The molecule has 0 fully saturated rings. The number of hydrogen-bond acceptors (Lipinski definition) is 2. The maximum atomic E-state index is 12.1. The highest BCUT2D eigenvalue weighted by molar-refractivity contribution is 7.91. The number of allylic oxidation sites excluding steroid dienone is 1. The fourth-order valence-corrected chi connectivity index (χ4v) is 5.94. The van der Waals surface area contributed by atoms with Crippen LogP contribution in [0.15, 0.2) is 47.4 Å². The Morgan fingerprint density at radius 1 is 1.20 bits per heavy atom. The minimum absolute atomic E-state index is 0.0107. The van der Waals surface area contributed by atoms with Crippen molar-refractivity contribution in [1.29, 1.82) is 0 Å².